The number of anilines is 2. The Kier molecular flexibility index (Phi) is 2.65. The first-order chi connectivity index (χ1) is 7.81. The molecule has 0 aliphatic heterocycles. The molecule has 1 saturated carbocycles. The minimum absolute atomic E-state index is 0.713. The number of nitrogens with one attached hydrogen (secondary N) is 1. The fourth-order valence-electron chi connectivity index (χ4n) is 1.47. The fourth-order valence-corrected chi connectivity index (χ4v) is 2.50. The Morgan fingerprint density at radius 1 is 1.38 bits per heavy atom. The first-order valence-electron chi connectivity index (χ1n) is 5.15. The average Bonchev–Trinajstić information content (AvgIpc) is 3.04. The Bertz CT molecular complexity index is 490. The summed E-state index contributed by atoms with van der Waals surface area (Å²) < 4.78 is 0.982. The third kappa shape index (κ3) is 2.25. The second-order valence-corrected chi connectivity index (χ2v) is 5.61. The number of hydrogen-bond donors (Lipinski definition) is 1. The highest BCUT2D eigenvalue weighted by Crippen LogP contribution is 2.41. The van der Waals surface area contributed by atoms with E-state index in [1.807, 2.05) is 12.1 Å². The molecule has 1 fully saturated rings. The Morgan fingerprint density at radius 2 is 2.25 bits per heavy atom. The van der Waals surface area contributed by atoms with Gasteiger partial charge in [-0.3, -0.25) is 0 Å². The van der Waals surface area contributed by atoms with Crippen LogP contribution in [0.15, 0.2) is 28.2 Å². The third-order valence-electron chi connectivity index (χ3n) is 2.48. The maximum atomic E-state index is 4.55. The van der Waals surface area contributed by atoms with Gasteiger partial charge < -0.3 is 5.32 Å². The number of thiazole rings is 1. The predicted octanol–water partition coefficient (Wildman–Crippen LogP) is 3.92. The van der Waals surface area contributed by atoms with Crippen LogP contribution in [0.4, 0.5) is 10.9 Å². The largest absolute Gasteiger partial charge is 0.316 e. The molecule has 1 N–H and O–H groups in total. The van der Waals surface area contributed by atoms with E-state index < -0.39 is 0 Å². The van der Waals surface area contributed by atoms with Crippen LogP contribution in [0, 0.1) is 0 Å². The molecule has 2 heterocycles. The normalized spacial score (nSPS) is 15.1. The number of pyridine rings is 1. The molecule has 1 aliphatic carbocycles. The van der Waals surface area contributed by atoms with Crippen LogP contribution in [0.3, 0.4) is 0 Å². The molecule has 0 bridgehead atoms. The lowest BCUT2D eigenvalue weighted by Crippen LogP contribution is -1.92. The van der Waals surface area contributed by atoms with Gasteiger partial charge in [0.1, 0.15) is 5.82 Å². The van der Waals surface area contributed by atoms with E-state index in [4.69, 9.17) is 0 Å². The molecule has 1 aliphatic rings. The van der Waals surface area contributed by atoms with E-state index in [2.05, 4.69) is 36.6 Å². The Hall–Kier alpha value is -0.940. The minimum atomic E-state index is 0.713. The van der Waals surface area contributed by atoms with Gasteiger partial charge in [-0.15, -0.1) is 11.3 Å². The monoisotopic (exact) mass is 295 g/mol. The van der Waals surface area contributed by atoms with Crippen LogP contribution in [0.1, 0.15) is 24.5 Å². The average molecular weight is 296 g/mol. The van der Waals surface area contributed by atoms with Gasteiger partial charge in [-0.2, -0.15) is 0 Å². The molecule has 5 heteroatoms. The summed E-state index contributed by atoms with van der Waals surface area (Å²) in [5, 5.41) is 6.27. The summed E-state index contributed by atoms with van der Waals surface area (Å²) in [7, 11) is 0. The molecule has 3 nitrogen and oxygen atoms in total. The smallest absolute Gasteiger partial charge is 0.188 e. The van der Waals surface area contributed by atoms with Crippen LogP contribution < -0.4 is 5.32 Å². The molecule has 0 atom stereocenters. The molecular weight excluding hydrogens is 286 g/mol. The maximum absolute atomic E-state index is 4.55. The molecule has 0 unspecified atom stereocenters. The van der Waals surface area contributed by atoms with Crippen LogP contribution in [0.2, 0.25) is 0 Å². The SMILES string of the molecule is Brc1ccc(Nc2nc(C3CC3)cs2)nc1. The topological polar surface area (TPSA) is 37.8 Å². The van der Waals surface area contributed by atoms with E-state index in [0.29, 0.717) is 5.92 Å². The quantitative estimate of drug-likeness (QED) is 0.932. The van der Waals surface area contributed by atoms with Crippen molar-refractivity contribution in [3.8, 4) is 0 Å². The van der Waals surface area contributed by atoms with E-state index in [0.717, 1.165) is 15.4 Å². The van der Waals surface area contributed by atoms with Crippen molar-refractivity contribution in [3.63, 3.8) is 0 Å². The van der Waals surface area contributed by atoms with Crippen molar-refractivity contribution in [1.29, 1.82) is 0 Å². The number of hydrogen-bond acceptors (Lipinski definition) is 4. The highest BCUT2D eigenvalue weighted by Gasteiger charge is 2.25. The number of rotatable bonds is 3. The molecule has 16 heavy (non-hydrogen) atoms. The van der Waals surface area contributed by atoms with Gasteiger partial charge in [-0.25, -0.2) is 9.97 Å². The van der Waals surface area contributed by atoms with Crippen molar-refractivity contribution in [1.82, 2.24) is 9.97 Å². The van der Waals surface area contributed by atoms with Crippen LogP contribution in [-0.4, -0.2) is 9.97 Å². The van der Waals surface area contributed by atoms with Gasteiger partial charge in [0.25, 0.3) is 0 Å². The second-order valence-electron chi connectivity index (χ2n) is 3.84. The molecule has 0 amide bonds. The zero-order chi connectivity index (χ0) is 11.0. The highest BCUT2D eigenvalue weighted by molar-refractivity contribution is 9.10. The summed E-state index contributed by atoms with van der Waals surface area (Å²) >= 11 is 5.00. The lowest BCUT2D eigenvalue weighted by Gasteiger charge is -2.00. The Labute approximate surface area is 106 Å². The second kappa shape index (κ2) is 4.14. The molecule has 3 rings (SSSR count). The van der Waals surface area contributed by atoms with E-state index >= 15 is 0 Å². The molecular formula is C11H10BrN3S. The number of nitrogens with zero attached hydrogens (tertiary/aromatic N) is 2. The highest BCUT2D eigenvalue weighted by atomic mass is 79.9. The van der Waals surface area contributed by atoms with Crippen molar-refractivity contribution >= 4 is 38.2 Å². The van der Waals surface area contributed by atoms with Crippen molar-refractivity contribution in [3.05, 3.63) is 33.9 Å². The van der Waals surface area contributed by atoms with Gasteiger partial charge in [0.15, 0.2) is 5.13 Å². The third-order valence-corrected chi connectivity index (χ3v) is 3.73. The standard InChI is InChI=1S/C11H10BrN3S/c12-8-3-4-10(13-5-8)15-11-14-9(6-16-11)7-1-2-7/h3-7H,1-2H2,(H,13,14,15). The fraction of sp³-hybridized carbons (Fsp3) is 0.273. The Balaban J connectivity index is 1.75. The Morgan fingerprint density at radius 3 is 2.94 bits per heavy atom. The van der Waals surface area contributed by atoms with Gasteiger partial charge in [-0.1, -0.05) is 0 Å². The van der Waals surface area contributed by atoms with Crippen LogP contribution in [0.25, 0.3) is 0 Å². The summed E-state index contributed by atoms with van der Waals surface area (Å²) in [5.74, 6) is 1.55. The first-order valence-corrected chi connectivity index (χ1v) is 6.82. The molecule has 0 aromatic carbocycles. The zero-order valence-corrected chi connectivity index (χ0v) is 10.9. The summed E-state index contributed by atoms with van der Waals surface area (Å²) in [4.78, 5) is 8.80. The van der Waals surface area contributed by atoms with E-state index in [1.54, 1.807) is 17.5 Å². The molecule has 82 valence electrons. The molecule has 0 radical (unpaired) electrons. The lowest BCUT2D eigenvalue weighted by atomic mass is 10.3. The maximum Gasteiger partial charge on any atom is 0.188 e. The van der Waals surface area contributed by atoms with Crippen molar-refractivity contribution in [2.75, 3.05) is 5.32 Å². The van der Waals surface area contributed by atoms with Crippen molar-refractivity contribution < 1.29 is 0 Å². The number of halogens is 1. The van der Waals surface area contributed by atoms with Gasteiger partial charge in [-0.05, 0) is 40.9 Å². The zero-order valence-electron chi connectivity index (χ0n) is 8.48. The molecule has 2 aromatic heterocycles. The van der Waals surface area contributed by atoms with Gasteiger partial charge in [0.05, 0.1) is 5.69 Å². The van der Waals surface area contributed by atoms with E-state index in [9.17, 15) is 0 Å². The summed E-state index contributed by atoms with van der Waals surface area (Å²) in [6.45, 7) is 0. The van der Waals surface area contributed by atoms with Gasteiger partial charge >= 0.3 is 0 Å². The number of aromatic nitrogens is 2. The molecule has 0 saturated heterocycles. The minimum Gasteiger partial charge on any atom is -0.316 e. The first kappa shape index (κ1) is 10.2. The van der Waals surface area contributed by atoms with Crippen LogP contribution in [-0.2, 0) is 0 Å². The van der Waals surface area contributed by atoms with Gasteiger partial charge in [0, 0.05) is 22.0 Å². The predicted molar refractivity (Wildman–Crippen MR) is 69.3 cm³/mol. The van der Waals surface area contributed by atoms with Crippen molar-refractivity contribution in [2.45, 2.75) is 18.8 Å². The van der Waals surface area contributed by atoms with E-state index in [-0.39, 0.29) is 0 Å². The lowest BCUT2D eigenvalue weighted by molar-refractivity contribution is 1.05. The van der Waals surface area contributed by atoms with Gasteiger partial charge in [0.2, 0.25) is 0 Å². The summed E-state index contributed by atoms with van der Waals surface area (Å²) in [6, 6.07) is 3.90. The van der Waals surface area contributed by atoms with E-state index in [1.165, 1.54) is 18.5 Å². The summed E-state index contributed by atoms with van der Waals surface area (Å²) in [6.07, 6.45) is 4.36. The van der Waals surface area contributed by atoms with Crippen LogP contribution in [0.5, 0.6) is 0 Å². The van der Waals surface area contributed by atoms with Crippen LogP contribution >= 0.6 is 27.3 Å². The van der Waals surface area contributed by atoms with Crippen molar-refractivity contribution in [2.24, 2.45) is 0 Å². The summed E-state index contributed by atoms with van der Waals surface area (Å²) in [5.41, 5.74) is 1.23. The molecule has 2 aromatic rings. The molecule has 0 spiro atoms.